The monoisotopic (exact) mass is 247 g/mol. The highest BCUT2D eigenvalue weighted by atomic mass is 15.5. The van der Waals surface area contributed by atoms with Crippen molar-refractivity contribution in [3.63, 3.8) is 0 Å². The number of hydrazine groups is 1. The molecule has 0 radical (unpaired) electrons. The average molecular weight is 247 g/mol. The SMILES string of the molecule is CC(C)NC1NNC(c2ccccc2)C1C(C)C. The summed E-state index contributed by atoms with van der Waals surface area (Å²) in [6.45, 7) is 8.97. The Balaban J connectivity index is 2.17. The Labute approximate surface area is 110 Å². The zero-order chi connectivity index (χ0) is 13.1. The summed E-state index contributed by atoms with van der Waals surface area (Å²) in [7, 11) is 0. The molecule has 1 saturated heterocycles. The minimum atomic E-state index is 0.329. The average Bonchev–Trinajstić information content (AvgIpc) is 2.73. The second kappa shape index (κ2) is 5.83. The van der Waals surface area contributed by atoms with Crippen molar-refractivity contribution in [2.75, 3.05) is 0 Å². The molecule has 0 bridgehead atoms. The van der Waals surface area contributed by atoms with E-state index in [1.54, 1.807) is 0 Å². The van der Waals surface area contributed by atoms with Gasteiger partial charge in [0.05, 0.1) is 12.2 Å². The molecule has 0 aliphatic carbocycles. The molecule has 100 valence electrons. The molecule has 1 fully saturated rings. The van der Waals surface area contributed by atoms with Crippen molar-refractivity contribution in [1.29, 1.82) is 0 Å². The summed E-state index contributed by atoms with van der Waals surface area (Å²) in [5.41, 5.74) is 8.21. The summed E-state index contributed by atoms with van der Waals surface area (Å²) in [4.78, 5) is 0. The molecule has 0 spiro atoms. The molecular formula is C15H25N3. The van der Waals surface area contributed by atoms with Gasteiger partial charge in [0.2, 0.25) is 0 Å². The van der Waals surface area contributed by atoms with Crippen LogP contribution in [-0.2, 0) is 0 Å². The van der Waals surface area contributed by atoms with Gasteiger partial charge >= 0.3 is 0 Å². The molecule has 1 heterocycles. The second-order valence-corrected chi connectivity index (χ2v) is 5.80. The topological polar surface area (TPSA) is 36.1 Å². The van der Waals surface area contributed by atoms with Gasteiger partial charge in [-0.05, 0) is 25.3 Å². The summed E-state index contributed by atoms with van der Waals surface area (Å²) in [6.07, 6.45) is 0.329. The zero-order valence-electron chi connectivity index (χ0n) is 11.8. The first-order valence-electron chi connectivity index (χ1n) is 6.91. The van der Waals surface area contributed by atoms with Gasteiger partial charge in [-0.2, -0.15) is 0 Å². The molecule has 0 aromatic heterocycles. The lowest BCUT2D eigenvalue weighted by Gasteiger charge is -2.28. The minimum Gasteiger partial charge on any atom is -0.298 e. The zero-order valence-corrected chi connectivity index (χ0v) is 11.8. The molecule has 1 aromatic rings. The fourth-order valence-electron chi connectivity index (χ4n) is 2.81. The Bertz CT molecular complexity index is 361. The van der Waals surface area contributed by atoms with Crippen molar-refractivity contribution in [2.45, 2.75) is 45.9 Å². The van der Waals surface area contributed by atoms with Crippen LogP contribution in [0.3, 0.4) is 0 Å². The van der Waals surface area contributed by atoms with E-state index in [2.05, 4.69) is 74.2 Å². The highest BCUT2D eigenvalue weighted by Gasteiger charge is 2.38. The summed E-state index contributed by atoms with van der Waals surface area (Å²) in [5, 5.41) is 3.60. The molecule has 18 heavy (non-hydrogen) atoms. The predicted octanol–water partition coefficient (Wildman–Crippen LogP) is 2.43. The Hall–Kier alpha value is -0.900. The normalized spacial score (nSPS) is 28.2. The lowest BCUT2D eigenvalue weighted by Crippen LogP contribution is -2.48. The van der Waals surface area contributed by atoms with Crippen LogP contribution < -0.4 is 16.2 Å². The summed E-state index contributed by atoms with van der Waals surface area (Å²) < 4.78 is 0. The molecule has 3 N–H and O–H groups in total. The van der Waals surface area contributed by atoms with Gasteiger partial charge in [0.25, 0.3) is 0 Å². The van der Waals surface area contributed by atoms with Gasteiger partial charge in [-0.1, -0.05) is 44.2 Å². The summed E-state index contributed by atoms with van der Waals surface area (Å²) in [5.74, 6) is 1.17. The molecule has 3 atom stereocenters. The first kappa shape index (κ1) is 13.5. The van der Waals surface area contributed by atoms with E-state index in [0.717, 1.165) is 0 Å². The van der Waals surface area contributed by atoms with Crippen molar-refractivity contribution in [3.05, 3.63) is 35.9 Å². The highest BCUT2D eigenvalue weighted by Crippen LogP contribution is 2.33. The van der Waals surface area contributed by atoms with Gasteiger partial charge in [-0.25, -0.2) is 10.9 Å². The van der Waals surface area contributed by atoms with E-state index in [-0.39, 0.29) is 0 Å². The first-order chi connectivity index (χ1) is 8.59. The number of rotatable bonds is 4. The molecule has 3 unspecified atom stereocenters. The van der Waals surface area contributed by atoms with E-state index in [4.69, 9.17) is 0 Å². The van der Waals surface area contributed by atoms with E-state index >= 15 is 0 Å². The van der Waals surface area contributed by atoms with Crippen molar-refractivity contribution < 1.29 is 0 Å². The van der Waals surface area contributed by atoms with Crippen LogP contribution in [-0.4, -0.2) is 12.2 Å². The van der Waals surface area contributed by atoms with Crippen molar-refractivity contribution >= 4 is 0 Å². The van der Waals surface area contributed by atoms with E-state index in [9.17, 15) is 0 Å². The Morgan fingerprint density at radius 2 is 1.67 bits per heavy atom. The third kappa shape index (κ3) is 2.91. The molecule has 2 rings (SSSR count). The van der Waals surface area contributed by atoms with Crippen molar-refractivity contribution in [2.24, 2.45) is 11.8 Å². The Morgan fingerprint density at radius 1 is 1.00 bits per heavy atom. The molecule has 1 aliphatic heterocycles. The Kier molecular flexibility index (Phi) is 4.38. The van der Waals surface area contributed by atoms with Crippen LogP contribution in [0.25, 0.3) is 0 Å². The van der Waals surface area contributed by atoms with E-state index < -0.39 is 0 Å². The number of benzene rings is 1. The summed E-state index contributed by atoms with van der Waals surface area (Å²) >= 11 is 0. The van der Waals surface area contributed by atoms with Crippen molar-refractivity contribution in [3.8, 4) is 0 Å². The van der Waals surface area contributed by atoms with E-state index in [0.29, 0.717) is 30.1 Å². The fourth-order valence-corrected chi connectivity index (χ4v) is 2.81. The number of hydrogen-bond donors (Lipinski definition) is 3. The van der Waals surface area contributed by atoms with Crippen LogP contribution in [0.5, 0.6) is 0 Å². The third-order valence-corrected chi connectivity index (χ3v) is 3.61. The largest absolute Gasteiger partial charge is 0.298 e. The highest BCUT2D eigenvalue weighted by molar-refractivity contribution is 5.21. The lowest BCUT2D eigenvalue weighted by atomic mass is 9.84. The predicted molar refractivity (Wildman–Crippen MR) is 75.8 cm³/mol. The van der Waals surface area contributed by atoms with Crippen LogP contribution in [0.2, 0.25) is 0 Å². The third-order valence-electron chi connectivity index (χ3n) is 3.61. The minimum absolute atomic E-state index is 0.329. The van der Waals surface area contributed by atoms with Crippen LogP contribution >= 0.6 is 0 Å². The quantitative estimate of drug-likeness (QED) is 0.765. The van der Waals surface area contributed by atoms with Crippen LogP contribution in [0, 0.1) is 11.8 Å². The van der Waals surface area contributed by atoms with Gasteiger partial charge in [0.15, 0.2) is 0 Å². The molecule has 1 aromatic carbocycles. The van der Waals surface area contributed by atoms with Gasteiger partial charge < -0.3 is 0 Å². The summed E-state index contributed by atoms with van der Waals surface area (Å²) in [6, 6.07) is 11.6. The maximum Gasteiger partial charge on any atom is 0.0756 e. The lowest BCUT2D eigenvalue weighted by molar-refractivity contribution is 0.267. The maximum atomic E-state index is 3.60. The molecule has 3 heteroatoms. The molecule has 3 nitrogen and oxygen atoms in total. The van der Waals surface area contributed by atoms with Crippen LogP contribution in [0.1, 0.15) is 39.3 Å². The Morgan fingerprint density at radius 3 is 2.22 bits per heavy atom. The molecule has 1 aliphatic rings. The number of hydrogen-bond acceptors (Lipinski definition) is 3. The van der Waals surface area contributed by atoms with Gasteiger partial charge in [-0.3, -0.25) is 5.32 Å². The standard InChI is InChI=1S/C15H25N3/c1-10(2)13-14(12-8-6-5-7-9-12)17-18-15(13)16-11(3)4/h5-11,13-18H,1-4H3. The molecular weight excluding hydrogens is 222 g/mol. The van der Waals surface area contributed by atoms with Gasteiger partial charge in [-0.15, -0.1) is 0 Å². The molecule has 0 amide bonds. The smallest absolute Gasteiger partial charge is 0.0756 e. The maximum absolute atomic E-state index is 3.60. The number of nitrogens with one attached hydrogen (secondary N) is 3. The van der Waals surface area contributed by atoms with E-state index in [1.807, 2.05) is 0 Å². The van der Waals surface area contributed by atoms with Gasteiger partial charge in [0.1, 0.15) is 0 Å². The van der Waals surface area contributed by atoms with Gasteiger partial charge in [0, 0.05) is 12.0 Å². The fraction of sp³-hybridized carbons (Fsp3) is 0.600. The molecule has 0 saturated carbocycles. The first-order valence-corrected chi connectivity index (χ1v) is 6.91. The van der Waals surface area contributed by atoms with E-state index in [1.165, 1.54) is 5.56 Å². The second-order valence-electron chi connectivity index (χ2n) is 5.80. The van der Waals surface area contributed by atoms with Crippen LogP contribution in [0.15, 0.2) is 30.3 Å². The van der Waals surface area contributed by atoms with Crippen LogP contribution in [0.4, 0.5) is 0 Å². The van der Waals surface area contributed by atoms with Crippen molar-refractivity contribution in [1.82, 2.24) is 16.2 Å².